The average Bonchev–Trinajstić information content (AvgIpc) is 2.65. The number of hydrogen-bond acceptors (Lipinski definition) is 4. The highest BCUT2D eigenvalue weighted by Crippen LogP contribution is 2.14. The smallest absolute Gasteiger partial charge is 0.243 e. The summed E-state index contributed by atoms with van der Waals surface area (Å²) in [6.45, 7) is 1.12. The third-order valence-electron chi connectivity index (χ3n) is 4.27. The van der Waals surface area contributed by atoms with E-state index in [4.69, 9.17) is 0 Å². The molecule has 0 aliphatic carbocycles. The van der Waals surface area contributed by atoms with Crippen LogP contribution in [0.15, 0.2) is 30.3 Å². The standard InChI is InChI=1S/C18H27N3O4S/c22-17(19-15-18(23)20-16-9-3-1-4-10-16)11-5-8-14-26(24,25)21-12-6-2-7-13-21/h1,3-4,9-10H,2,5-8,11-15H2,(H,19,22)(H,20,23). The van der Waals surface area contributed by atoms with Crippen LogP contribution in [-0.2, 0) is 19.6 Å². The van der Waals surface area contributed by atoms with Crippen molar-refractivity contribution in [2.45, 2.75) is 38.5 Å². The van der Waals surface area contributed by atoms with Gasteiger partial charge in [-0.15, -0.1) is 0 Å². The fraction of sp³-hybridized carbons (Fsp3) is 0.556. The van der Waals surface area contributed by atoms with Crippen LogP contribution in [0.3, 0.4) is 0 Å². The van der Waals surface area contributed by atoms with Crippen molar-refractivity contribution in [3.8, 4) is 0 Å². The number of carbonyl (C=O) groups is 2. The lowest BCUT2D eigenvalue weighted by Crippen LogP contribution is -2.37. The molecule has 0 aromatic heterocycles. The van der Waals surface area contributed by atoms with Crippen LogP contribution in [0.25, 0.3) is 0 Å². The molecule has 1 fully saturated rings. The monoisotopic (exact) mass is 381 g/mol. The summed E-state index contributed by atoms with van der Waals surface area (Å²) in [7, 11) is -3.20. The summed E-state index contributed by atoms with van der Waals surface area (Å²) >= 11 is 0. The van der Waals surface area contributed by atoms with Gasteiger partial charge in [-0.2, -0.15) is 0 Å². The molecule has 1 aliphatic rings. The molecule has 2 amide bonds. The second-order valence-electron chi connectivity index (χ2n) is 6.42. The van der Waals surface area contributed by atoms with Crippen molar-refractivity contribution in [2.75, 3.05) is 30.7 Å². The summed E-state index contributed by atoms with van der Waals surface area (Å²) in [4.78, 5) is 23.5. The molecule has 0 radical (unpaired) electrons. The van der Waals surface area contributed by atoms with Crippen LogP contribution in [-0.4, -0.2) is 49.9 Å². The third-order valence-corrected chi connectivity index (χ3v) is 6.22. The Hall–Kier alpha value is -1.93. The van der Waals surface area contributed by atoms with E-state index in [-0.39, 0.29) is 30.5 Å². The largest absolute Gasteiger partial charge is 0.347 e. The number of rotatable bonds is 9. The van der Waals surface area contributed by atoms with E-state index >= 15 is 0 Å². The average molecular weight is 381 g/mol. The molecule has 26 heavy (non-hydrogen) atoms. The van der Waals surface area contributed by atoms with Crippen molar-refractivity contribution >= 4 is 27.5 Å². The van der Waals surface area contributed by atoms with Gasteiger partial charge in [0.25, 0.3) is 0 Å². The second-order valence-corrected chi connectivity index (χ2v) is 8.51. The number of para-hydroxylation sites is 1. The van der Waals surface area contributed by atoms with Gasteiger partial charge in [0, 0.05) is 25.2 Å². The van der Waals surface area contributed by atoms with E-state index < -0.39 is 10.0 Å². The van der Waals surface area contributed by atoms with Gasteiger partial charge in [0.05, 0.1) is 12.3 Å². The first kappa shape index (κ1) is 20.4. The van der Waals surface area contributed by atoms with E-state index in [1.54, 1.807) is 16.4 Å². The van der Waals surface area contributed by atoms with E-state index in [1.807, 2.05) is 18.2 Å². The van der Waals surface area contributed by atoms with Crippen LogP contribution in [0.2, 0.25) is 0 Å². The Bertz CT molecular complexity index is 686. The molecular formula is C18H27N3O4S. The third kappa shape index (κ3) is 7.13. The Morgan fingerprint density at radius 3 is 2.35 bits per heavy atom. The summed E-state index contributed by atoms with van der Waals surface area (Å²) in [5, 5.41) is 5.24. The molecule has 0 spiro atoms. The van der Waals surface area contributed by atoms with Gasteiger partial charge in [-0.1, -0.05) is 24.6 Å². The molecule has 0 saturated carbocycles. The zero-order valence-corrected chi connectivity index (χ0v) is 15.8. The Labute approximate surface area is 155 Å². The van der Waals surface area contributed by atoms with Gasteiger partial charge in [-0.25, -0.2) is 12.7 Å². The van der Waals surface area contributed by atoms with Gasteiger partial charge < -0.3 is 10.6 Å². The topological polar surface area (TPSA) is 95.6 Å². The molecule has 1 saturated heterocycles. The van der Waals surface area contributed by atoms with E-state index in [1.165, 1.54) is 0 Å². The summed E-state index contributed by atoms with van der Waals surface area (Å²) in [6.07, 6.45) is 4.08. The van der Waals surface area contributed by atoms with E-state index in [9.17, 15) is 18.0 Å². The van der Waals surface area contributed by atoms with Crippen molar-refractivity contribution in [3.63, 3.8) is 0 Å². The van der Waals surface area contributed by atoms with Crippen molar-refractivity contribution < 1.29 is 18.0 Å². The predicted molar refractivity (Wildman–Crippen MR) is 101 cm³/mol. The highest BCUT2D eigenvalue weighted by atomic mass is 32.2. The first-order valence-electron chi connectivity index (χ1n) is 9.07. The summed E-state index contributed by atoms with van der Waals surface area (Å²) in [5.74, 6) is -0.463. The Balaban J connectivity index is 1.59. The summed E-state index contributed by atoms with van der Waals surface area (Å²) < 4.78 is 25.9. The number of amides is 2. The Morgan fingerprint density at radius 2 is 1.65 bits per heavy atom. The summed E-state index contributed by atoms with van der Waals surface area (Å²) in [5.41, 5.74) is 0.676. The number of anilines is 1. The molecule has 7 nitrogen and oxygen atoms in total. The molecule has 1 aromatic rings. The van der Waals surface area contributed by atoms with Crippen LogP contribution < -0.4 is 10.6 Å². The maximum atomic E-state index is 12.2. The molecule has 144 valence electrons. The number of piperidine rings is 1. The number of carbonyl (C=O) groups excluding carboxylic acids is 2. The van der Waals surface area contributed by atoms with E-state index in [0.717, 1.165) is 19.3 Å². The normalized spacial score (nSPS) is 15.4. The molecule has 0 bridgehead atoms. The van der Waals surface area contributed by atoms with Gasteiger partial charge in [0.2, 0.25) is 21.8 Å². The Kier molecular flexibility index (Phi) is 8.06. The zero-order chi connectivity index (χ0) is 18.8. The number of nitrogens with one attached hydrogen (secondary N) is 2. The van der Waals surface area contributed by atoms with Gasteiger partial charge in [0.1, 0.15) is 0 Å². The molecule has 2 N–H and O–H groups in total. The molecule has 1 heterocycles. The maximum absolute atomic E-state index is 12.2. The fourth-order valence-corrected chi connectivity index (χ4v) is 4.48. The predicted octanol–water partition coefficient (Wildman–Crippen LogP) is 1.73. The molecule has 0 unspecified atom stereocenters. The van der Waals surface area contributed by atoms with Crippen molar-refractivity contribution in [1.82, 2.24) is 9.62 Å². The molecule has 2 rings (SSSR count). The quantitative estimate of drug-likeness (QED) is 0.637. The van der Waals surface area contributed by atoms with E-state index in [0.29, 0.717) is 31.6 Å². The van der Waals surface area contributed by atoms with Gasteiger partial charge in [-0.3, -0.25) is 9.59 Å². The zero-order valence-electron chi connectivity index (χ0n) is 14.9. The first-order chi connectivity index (χ1) is 12.5. The second kappa shape index (κ2) is 10.3. The molecule has 1 aromatic carbocycles. The fourth-order valence-electron chi connectivity index (χ4n) is 2.84. The minimum Gasteiger partial charge on any atom is -0.347 e. The van der Waals surface area contributed by atoms with Gasteiger partial charge in [0.15, 0.2) is 0 Å². The Morgan fingerprint density at radius 1 is 0.962 bits per heavy atom. The van der Waals surface area contributed by atoms with Gasteiger partial charge >= 0.3 is 0 Å². The lowest BCUT2D eigenvalue weighted by molar-refractivity contribution is -0.124. The first-order valence-corrected chi connectivity index (χ1v) is 10.7. The van der Waals surface area contributed by atoms with E-state index in [2.05, 4.69) is 10.6 Å². The molecule has 1 aliphatic heterocycles. The minimum atomic E-state index is -3.20. The maximum Gasteiger partial charge on any atom is 0.243 e. The van der Waals surface area contributed by atoms with Crippen LogP contribution in [0.1, 0.15) is 38.5 Å². The van der Waals surface area contributed by atoms with Crippen LogP contribution in [0.5, 0.6) is 0 Å². The van der Waals surface area contributed by atoms with Crippen LogP contribution in [0, 0.1) is 0 Å². The highest BCUT2D eigenvalue weighted by Gasteiger charge is 2.23. The van der Waals surface area contributed by atoms with Gasteiger partial charge in [-0.05, 0) is 37.8 Å². The minimum absolute atomic E-state index is 0.0781. The number of benzene rings is 1. The van der Waals surface area contributed by atoms with Crippen molar-refractivity contribution in [2.24, 2.45) is 0 Å². The molecule has 8 heteroatoms. The molecular weight excluding hydrogens is 354 g/mol. The number of nitrogens with zero attached hydrogens (tertiary/aromatic N) is 1. The van der Waals surface area contributed by atoms with Crippen LogP contribution >= 0.6 is 0 Å². The van der Waals surface area contributed by atoms with Crippen molar-refractivity contribution in [1.29, 1.82) is 0 Å². The summed E-state index contributed by atoms with van der Waals surface area (Å²) in [6, 6.07) is 9.01. The number of unbranched alkanes of at least 4 members (excludes halogenated alkanes) is 1. The number of hydrogen-bond donors (Lipinski definition) is 2. The van der Waals surface area contributed by atoms with Crippen molar-refractivity contribution in [3.05, 3.63) is 30.3 Å². The molecule has 0 atom stereocenters. The SMILES string of the molecule is O=C(CCCCS(=O)(=O)N1CCCCC1)NCC(=O)Nc1ccccc1. The van der Waals surface area contributed by atoms with Crippen LogP contribution in [0.4, 0.5) is 5.69 Å². The highest BCUT2D eigenvalue weighted by molar-refractivity contribution is 7.89. The number of sulfonamides is 1. The lowest BCUT2D eigenvalue weighted by atomic mass is 10.2. The lowest BCUT2D eigenvalue weighted by Gasteiger charge is -2.25.